The average Bonchev–Trinajstić information content (AvgIpc) is 3.24. The zero-order valence-electron chi connectivity index (χ0n) is 15.2. The molecule has 8 heteroatoms. The molecule has 0 saturated carbocycles. The van der Waals surface area contributed by atoms with Gasteiger partial charge in [0.2, 0.25) is 0 Å². The van der Waals surface area contributed by atoms with Crippen LogP contribution in [0.25, 0.3) is 5.13 Å². The van der Waals surface area contributed by atoms with E-state index in [0.29, 0.717) is 10.8 Å². The van der Waals surface area contributed by atoms with Crippen molar-refractivity contribution in [3.8, 4) is 10.9 Å². The van der Waals surface area contributed by atoms with Gasteiger partial charge in [-0.2, -0.15) is 5.10 Å². The van der Waals surface area contributed by atoms with Crippen LogP contribution in [-0.4, -0.2) is 28.3 Å². The van der Waals surface area contributed by atoms with Crippen molar-refractivity contribution in [1.82, 2.24) is 15.0 Å². The normalized spacial score (nSPS) is 11.1. The smallest absolute Gasteiger partial charge is 0.277 e. The second kappa shape index (κ2) is 8.37. The highest BCUT2D eigenvalue weighted by molar-refractivity contribution is 7.12. The van der Waals surface area contributed by atoms with Gasteiger partial charge in [0.15, 0.2) is 11.7 Å². The number of amides is 1. The number of hydrogen-bond acceptors (Lipinski definition) is 5. The van der Waals surface area contributed by atoms with Gasteiger partial charge in [0.25, 0.3) is 5.91 Å². The van der Waals surface area contributed by atoms with E-state index < -0.39 is 0 Å². The molecular weight excluding hydrogens is 384 g/mol. The lowest BCUT2D eigenvalue weighted by molar-refractivity contribution is -0.123. The largest absolute Gasteiger partial charge is 0.484 e. The Bertz CT molecular complexity index is 980. The molecule has 0 saturated heterocycles. The van der Waals surface area contributed by atoms with Crippen molar-refractivity contribution in [2.45, 2.75) is 20.8 Å². The van der Waals surface area contributed by atoms with Gasteiger partial charge in [-0.15, -0.1) is 11.3 Å². The summed E-state index contributed by atoms with van der Waals surface area (Å²) in [7, 11) is 0. The van der Waals surface area contributed by atoms with Crippen LogP contribution in [0.1, 0.15) is 22.5 Å². The number of benzene rings is 1. The maximum atomic E-state index is 11.9. The summed E-state index contributed by atoms with van der Waals surface area (Å²) in [5.74, 6) is 0.246. The standard InChI is InChI=1S/C19H19ClN4O2S/c1-12-8-16(4-5-17(12)20)26-11-18(25)23-22-10-15-9-13(2)24(14(15)3)19-21-6-7-27-19/h4-10H,11H2,1-3H3,(H,23,25)/b22-10-. The van der Waals surface area contributed by atoms with Crippen molar-refractivity contribution < 1.29 is 9.53 Å². The fraction of sp³-hybridized carbons (Fsp3) is 0.211. The third kappa shape index (κ3) is 4.56. The van der Waals surface area contributed by atoms with Crippen LogP contribution in [-0.2, 0) is 4.79 Å². The Kier molecular flexibility index (Phi) is 5.93. The van der Waals surface area contributed by atoms with E-state index in [1.165, 1.54) is 0 Å². The fourth-order valence-corrected chi connectivity index (χ4v) is 3.47. The van der Waals surface area contributed by atoms with Crippen LogP contribution in [0, 0.1) is 20.8 Å². The molecule has 1 N–H and O–H groups in total. The minimum atomic E-state index is -0.340. The first-order valence-corrected chi connectivity index (χ1v) is 9.51. The third-order valence-electron chi connectivity index (χ3n) is 3.97. The summed E-state index contributed by atoms with van der Waals surface area (Å²) >= 11 is 7.53. The number of hydrogen-bond donors (Lipinski definition) is 1. The summed E-state index contributed by atoms with van der Waals surface area (Å²) in [4.78, 5) is 16.2. The minimum absolute atomic E-state index is 0.128. The number of aryl methyl sites for hydroxylation is 2. The van der Waals surface area contributed by atoms with E-state index in [4.69, 9.17) is 16.3 Å². The zero-order chi connectivity index (χ0) is 19.4. The molecule has 0 atom stereocenters. The van der Waals surface area contributed by atoms with E-state index in [9.17, 15) is 4.79 Å². The molecule has 0 bridgehead atoms. The summed E-state index contributed by atoms with van der Waals surface area (Å²) in [5.41, 5.74) is 6.34. The molecule has 0 unspecified atom stereocenters. The van der Waals surface area contributed by atoms with E-state index >= 15 is 0 Å². The molecule has 3 aromatic rings. The van der Waals surface area contributed by atoms with Crippen LogP contribution in [0.2, 0.25) is 5.02 Å². The van der Waals surface area contributed by atoms with Crippen LogP contribution in [0.5, 0.6) is 5.75 Å². The summed E-state index contributed by atoms with van der Waals surface area (Å²) < 4.78 is 7.50. The number of carbonyl (C=O) groups excluding carboxylic acids is 1. The summed E-state index contributed by atoms with van der Waals surface area (Å²) in [6.07, 6.45) is 3.39. The lowest BCUT2D eigenvalue weighted by atomic mass is 10.2. The van der Waals surface area contributed by atoms with Gasteiger partial charge in [-0.3, -0.25) is 9.36 Å². The predicted molar refractivity (Wildman–Crippen MR) is 108 cm³/mol. The van der Waals surface area contributed by atoms with Gasteiger partial charge in [0.1, 0.15) is 5.75 Å². The number of hydrazone groups is 1. The molecule has 27 heavy (non-hydrogen) atoms. The van der Waals surface area contributed by atoms with Crippen molar-refractivity contribution in [3.63, 3.8) is 0 Å². The Labute approximate surface area is 166 Å². The number of aromatic nitrogens is 2. The number of rotatable bonds is 6. The van der Waals surface area contributed by atoms with E-state index in [0.717, 1.165) is 27.6 Å². The van der Waals surface area contributed by atoms with E-state index in [2.05, 4.69) is 20.1 Å². The SMILES string of the molecule is Cc1cc(OCC(=O)N/N=C\c2cc(C)n(-c3nccs3)c2C)ccc1Cl. The molecule has 0 radical (unpaired) electrons. The molecule has 0 aliphatic carbocycles. The quantitative estimate of drug-likeness (QED) is 0.499. The van der Waals surface area contributed by atoms with Gasteiger partial charge in [0, 0.05) is 33.6 Å². The first-order valence-electron chi connectivity index (χ1n) is 8.25. The molecule has 140 valence electrons. The lowest BCUT2D eigenvalue weighted by Gasteiger charge is -2.06. The third-order valence-corrected chi connectivity index (χ3v) is 5.15. The lowest BCUT2D eigenvalue weighted by Crippen LogP contribution is -2.24. The predicted octanol–water partition coefficient (Wildman–Crippen LogP) is 4.04. The van der Waals surface area contributed by atoms with Crippen LogP contribution in [0.4, 0.5) is 0 Å². The molecule has 0 aliphatic heterocycles. The highest BCUT2D eigenvalue weighted by atomic mass is 35.5. The fourth-order valence-electron chi connectivity index (χ4n) is 2.60. The van der Waals surface area contributed by atoms with Gasteiger partial charge in [-0.25, -0.2) is 10.4 Å². The van der Waals surface area contributed by atoms with Crippen LogP contribution < -0.4 is 10.2 Å². The van der Waals surface area contributed by atoms with Crippen molar-refractivity contribution >= 4 is 35.1 Å². The monoisotopic (exact) mass is 402 g/mol. The molecule has 0 spiro atoms. The van der Waals surface area contributed by atoms with Crippen molar-refractivity contribution in [3.05, 3.63) is 63.4 Å². The topological polar surface area (TPSA) is 68.5 Å². The summed E-state index contributed by atoms with van der Waals surface area (Å²) in [5, 5.41) is 7.52. The molecule has 0 fully saturated rings. The number of nitrogens with zero attached hydrogens (tertiary/aromatic N) is 3. The number of thiazole rings is 1. The number of nitrogens with one attached hydrogen (secondary N) is 1. The number of halogens is 1. The highest BCUT2D eigenvalue weighted by Gasteiger charge is 2.11. The van der Waals surface area contributed by atoms with Gasteiger partial charge < -0.3 is 4.74 Å². The summed E-state index contributed by atoms with van der Waals surface area (Å²) in [6.45, 7) is 5.74. The van der Waals surface area contributed by atoms with Crippen molar-refractivity contribution in [2.75, 3.05) is 6.61 Å². The molecule has 3 rings (SSSR count). The highest BCUT2D eigenvalue weighted by Crippen LogP contribution is 2.22. The molecular formula is C19H19ClN4O2S. The minimum Gasteiger partial charge on any atom is -0.484 e. The maximum Gasteiger partial charge on any atom is 0.277 e. The van der Waals surface area contributed by atoms with E-state index in [1.807, 2.05) is 32.2 Å². The van der Waals surface area contributed by atoms with Gasteiger partial charge in [-0.05, 0) is 50.6 Å². The van der Waals surface area contributed by atoms with Gasteiger partial charge in [-0.1, -0.05) is 11.6 Å². The molecule has 0 aliphatic rings. The van der Waals surface area contributed by atoms with Crippen LogP contribution in [0.15, 0.2) is 40.9 Å². The molecule has 1 amide bonds. The second-order valence-corrected chi connectivity index (χ2v) is 7.25. The van der Waals surface area contributed by atoms with Gasteiger partial charge in [0.05, 0.1) is 6.21 Å². The second-order valence-electron chi connectivity index (χ2n) is 5.97. The van der Waals surface area contributed by atoms with E-state index in [1.54, 1.807) is 41.9 Å². The summed E-state index contributed by atoms with van der Waals surface area (Å²) in [6, 6.07) is 7.24. The zero-order valence-corrected chi connectivity index (χ0v) is 16.8. The van der Waals surface area contributed by atoms with Crippen molar-refractivity contribution in [1.29, 1.82) is 0 Å². The number of carbonyl (C=O) groups is 1. The van der Waals surface area contributed by atoms with Gasteiger partial charge >= 0.3 is 0 Å². The van der Waals surface area contributed by atoms with Crippen molar-refractivity contribution in [2.24, 2.45) is 5.10 Å². The number of ether oxygens (including phenoxy) is 1. The Balaban J connectivity index is 1.58. The molecule has 6 nitrogen and oxygen atoms in total. The Morgan fingerprint density at radius 1 is 1.37 bits per heavy atom. The first-order chi connectivity index (χ1) is 13.0. The molecule has 1 aromatic carbocycles. The Hall–Kier alpha value is -2.64. The molecule has 2 heterocycles. The van der Waals surface area contributed by atoms with Crippen LogP contribution >= 0.6 is 22.9 Å². The Morgan fingerprint density at radius 2 is 2.19 bits per heavy atom. The average molecular weight is 403 g/mol. The maximum absolute atomic E-state index is 11.9. The van der Waals surface area contributed by atoms with E-state index in [-0.39, 0.29) is 12.5 Å². The Morgan fingerprint density at radius 3 is 2.89 bits per heavy atom. The first kappa shape index (κ1) is 19.1. The van der Waals surface area contributed by atoms with Crippen LogP contribution in [0.3, 0.4) is 0 Å². The molecule has 2 aromatic heterocycles.